The maximum Gasteiger partial charge on any atom is 0.0795 e. The predicted octanol–water partition coefficient (Wildman–Crippen LogP) is 3.45. The number of hydrogen-bond acceptors (Lipinski definition) is 4. The number of hydrogen-bond donors (Lipinski definition) is 1. The van der Waals surface area contributed by atoms with Gasteiger partial charge in [0.2, 0.25) is 0 Å². The summed E-state index contributed by atoms with van der Waals surface area (Å²) in [5.74, 6) is 0. The molecule has 0 aliphatic rings. The van der Waals surface area contributed by atoms with Crippen LogP contribution in [0.4, 0.5) is 0 Å². The molecule has 0 saturated heterocycles. The van der Waals surface area contributed by atoms with Crippen LogP contribution in [0.25, 0.3) is 21.8 Å². The second-order valence-electron chi connectivity index (χ2n) is 3.31. The third-order valence-corrected chi connectivity index (χ3v) is 2.35. The molecule has 1 N–H and O–H groups in total. The Bertz CT molecular complexity index is 633. The topological polar surface area (TPSA) is 49.6 Å². The Kier molecular flexibility index (Phi) is 3.50. The monoisotopic (exact) mass is 239 g/mol. The van der Waals surface area contributed by atoms with Crippen LogP contribution in [0.15, 0.2) is 48.8 Å². The lowest BCUT2D eigenvalue weighted by Gasteiger charge is -2.00. The number of benzene rings is 1. The fourth-order valence-corrected chi connectivity index (χ4v) is 1.70. The van der Waals surface area contributed by atoms with Gasteiger partial charge < -0.3 is 0 Å². The van der Waals surface area contributed by atoms with Gasteiger partial charge in [-0.1, -0.05) is 12.1 Å². The predicted molar refractivity (Wildman–Crippen MR) is 72.4 cm³/mol. The average molecular weight is 239 g/mol. The van der Waals surface area contributed by atoms with Crippen molar-refractivity contribution in [3.05, 3.63) is 48.8 Å². The third kappa shape index (κ3) is 2.33. The van der Waals surface area contributed by atoms with Gasteiger partial charge in [-0.3, -0.25) is 9.97 Å². The first-order valence-electron chi connectivity index (χ1n) is 4.99. The average Bonchev–Trinajstić information content (AvgIpc) is 2.40. The van der Waals surface area contributed by atoms with Crippen LogP contribution < -0.4 is 0 Å². The summed E-state index contributed by atoms with van der Waals surface area (Å²) in [6, 6.07) is 12.1. The first-order valence-corrected chi connectivity index (χ1v) is 5.40. The number of pyridine rings is 2. The van der Waals surface area contributed by atoms with E-state index in [0.29, 0.717) is 0 Å². The molecule has 0 amide bonds. The molecule has 1 aromatic carbocycles. The summed E-state index contributed by atoms with van der Waals surface area (Å²) in [5, 5.41) is 9.63. The first kappa shape index (κ1) is 11.3. The van der Waals surface area contributed by atoms with Crippen molar-refractivity contribution in [2.24, 2.45) is 0 Å². The Labute approximate surface area is 104 Å². The van der Waals surface area contributed by atoms with E-state index in [0.717, 1.165) is 21.8 Å². The molecule has 0 saturated carbocycles. The summed E-state index contributed by atoms with van der Waals surface area (Å²) in [7, 11) is 0. The van der Waals surface area contributed by atoms with Crippen molar-refractivity contribution in [2.45, 2.75) is 0 Å². The summed E-state index contributed by atoms with van der Waals surface area (Å²) < 4.78 is 0. The van der Waals surface area contributed by atoms with E-state index in [1.165, 1.54) is 0 Å². The van der Waals surface area contributed by atoms with Gasteiger partial charge in [0.25, 0.3) is 0 Å². The number of isothiocyanates is 1. The van der Waals surface area contributed by atoms with E-state index in [1.54, 1.807) is 11.4 Å². The molecule has 2 heterocycles. The van der Waals surface area contributed by atoms with Crippen molar-refractivity contribution in [1.82, 2.24) is 9.97 Å². The zero-order valence-electron chi connectivity index (χ0n) is 8.92. The number of nitrogens with one attached hydrogen (secondary N) is 1. The largest absolute Gasteiger partial charge is 0.256 e. The summed E-state index contributed by atoms with van der Waals surface area (Å²) in [5.41, 5.74) is 2.02. The third-order valence-electron chi connectivity index (χ3n) is 2.35. The Balaban J connectivity index is 0.000000329. The maximum atomic E-state index is 5.77. The normalized spacial score (nSPS) is 9.41. The molecule has 2 aromatic heterocycles. The van der Waals surface area contributed by atoms with E-state index < -0.39 is 0 Å². The molecule has 3 rings (SSSR count). The highest BCUT2D eigenvalue weighted by Crippen LogP contribution is 2.20. The van der Waals surface area contributed by atoms with Crippen molar-refractivity contribution < 1.29 is 0 Å². The molecule has 0 unspecified atom stereocenters. The van der Waals surface area contributed by atoms with E-state index in [1.807, 2.05) is 24.4 Å². The van der Waals surface area contributed by atoms with Crippen LogP contribution in [0, 0.1) is 5.41 Å². The molecule has 0 radical (unpaired) electrons. The smallest absolute Gasteiger partial charge is 0.0795 e. The van der Waals surface area contributed by atoms with Gasteiger partial charge in [0.15, 0.2) is 0 Å². The lowest BCUT2D eigenvalue weighted by Crippen LogP contribution is -1.82. The molecule has 0 fully saturated rings. The lowest BCUT2D eigenvalue weighted by molar-refractivity contribution is 1.39. The summed E-state index contributed by atoms with van der Waals surface area (Å²) >= 11 is 3.81. The molecule has 4 heteroatoms. The second kappa shape index (κ2) is 5.25. The lowest BCUT2D eigenvalue weighted by atomic mass is 10.1. The quantitative estimate of drug-likeness (QED) is 0.371. The highest BCUT2D eigenvalue weighted by atomic mass is 32.1. The van der Waals surface area contributed by atoms with Crippen molar-refractivity contribution in [3.63, 3.8) is 0 Å². The summed E-state index contributed by atoms with van der Waals surface area (Å²) in [6.45, 7) is 0. The molecular weight excluding hydrogens is 230 g/mol. The number of fused-ring (bicyclic) bond motifs is 3. The molecule has 3 nitrogen and oxygen atoms in total. The van der Waals surface area contributed by atoms with Gasteiger partial charge in [0.05, 0.1) is 16.2 Å². The van der Waals surface area contributed by atoms with Gasteiger partial charge in [0.1, 0.15) is 0 Å². The van der Waals surface area contributed by atoms with Crippen molar-refractivity contribution in [3.8, 4) is 0 Å². The number of thiocarbonyl (C=S) groups is 1. The van der Waals surface area contributed by atoms with Gasteiger partial charge in [-0.15, -0.1) is 0 Å². The highest BCUT2D eigenvalue weighted by molar-refractivity contribution is 7.78. The Morgan fingerprint density at radius 1 is 1.00 bits per heavy atom. The zero-order valence-corrected chi connectivity index (χ0v) is 9.74. The van der Waals surface area contributed by atoms with Crippen molar-refractivity contribution >= 4 is 39.2 Å². The molecule has 0 bridgehead atoms. The summed E-state index contributed by atoms with van der Waals surface area (Å²) in [4.78, 5) is 8.66. The molecule has 82 valence electrons. The number of aromatic nitrogens is 2. The highest BCUT2D eigenvalue weighted by Gasteiger charge is 1.99. The maximum absolute atomic E-state index is 5.77. The molecule has 0 spiro atoms. The molecule has 3 aromatic rings. The van der Waals surface area contributed by atoms with Crippen molar-refractivity contribution in [2.75, 3.05) is 0 Å². The van der Waals surface area contributed by atoms with Crippen LogP contribution in [0.2, 0.25) is 0 Å². The van der Waals surface area contributed by atoms with Crippen LogP contribution in [-0.4, -0.2) is 15.1 Å². The minimum atomic E-state index is 0.999. The van der Waals surface area contributed by atoms with Gasteiger partial charge in [-0.05, 0) is 36.5 Å². The molecule has 0 atom stereocenters. The molecular formula is C13H9N3S. The Morgan fingerprint density at radius 2 is 1.71 bits per heavy atom. The fraction of sp³-hybridized carbons (Fsp3) is 0. The van der Waals surface area contributed by atoms with E-state index in [9.17, 15) is 0 Å². The first-order chi connectivity index (χ1) is 8.36. The Morgan fingerprint density at radius 3 is 2.53 bits per heavy atom. The standard InChI is InChI=1S/C12H8N2.CHNS/c1-3-9-5-6-11-10(4-2-7-13-11)12(9)14-8-1;2-1-3/h1-8H;2H. The van der Waals surface area contributed by atoms with E-state index in [-0.39, 0.29) is 0 Å². The second-order valence-corrected chi connectivity index (χ2v) is 3.52. The molecule has 0 aliphatic heterocycles. The minimum absolute atomic E-state index is 0.999. The number of nitrogens with zero attached hydrogens (tertiary/aromatic N) is 2. The Hall–Kier alpha value is -2.16. The van der Waals surface area contributed by atoms with Crippen LogP contribution in [-0.2, 0) is 0 Å². The SMILES string of the molecule is N=C=S.c1cnc2c(c1)ccc1ncccc12. The van der Waals surface area contributed by atoms with E-state index in [2.05, 4.69) is 40.4 Å². The van der Waals surface area contributed by atoms with Crippen LogP contribution in [0.1, 0.15) is 0 Å². The van der Waals surface area contributed by atoms with Gasteiger partial charge in [0, 0.05) is 23.2 Å². The summed E-state index contributed by atoms with van der Waals surface area (Å²) in [6.07, 6.45) is 3.62. The van der Waals surface area contributed by atoms with Crippen LogP contribution in [0.3, 0.4) is 0 Å². The zero-order chi connectivity index (χ0) is 12.1. The fourth-order valence-electron chi connectivity index (χ4n) is 1.70. The van der Waals surface area contributed by atoms with Gasteiger partial charge in [-0.2, -0.15) is 0 Å². The molecule has 0 aliphatic carbocycles. The van der Waals surface area contributed by atoms with Crippen LogP contribution >= 0.6 is 12.2 Å². The van der Waals surface area contributed by atoms with Crippen LogP contribution in [0.5, 0.6) is 0 Å². The number of rotatable bonds is 0. The van der Waals surface area contributed by atoms with E-state index in [4.69, 9.17) is 5.41 Å². The van der Waals surface area contributed by atoms with E-state index >= 15 is 0 Å². The minimum Gasteiger partial charge on any atom is -0.256 e. The van der Waals surface area contributed by atoms with Crippen molar-refractivity contribution in [1.29, 1.82) is 5.41 Å². The molecule has 17 heavy (non-hydrogen) atoms. The van der Waals surface area contributed by atoms with Gasteiger partial charge >= 0.3 is 0 Å². The van der Waals surface area contributed by atoms with Gasteiger partial charge in [-0.25, -0.2) is 5.41 Å².